The summed E-state index contributed by atoms with van der Waals surface area (Å²) in [7, 11) is 0. The summed E-state index contributed by atoms with van der Waals surface area (Å²) < 4.78 is 27.2. The Morgan fingerprint density at radius 2 is 1.83 bits per heavy atom. The van der Waals surface area contributed by atoms with Crippen LogP contribution in [0.5, 0.6) is 0 Å². The Morgan fingerprint density at radius 3 is 2.50 bits per heavy atom. The Kier molecular flexibility index (Phi) is 9.97. The van der Waals surface area contributed by atoms with Crippen LogP contribution in [0.25, 0.3) is 0 Å². The van der Waals surface area contributed by atoms with E-state index in [9.17, 15) is 8.78 Å². The van der Waals surface area contributed by atoms with E-state index in [1.54, 1.807) is 0 Å². The average Bonchev–Trinajstić information content (AvgIpc) is 2.75. The number of aliphatic imine (C=N–C) groups is 1. The van der Waals surface area contributed by atoms with E-state index in [2.05, 4.69) is 51.7 Å². The van der Waals surface area contributed by atoms with Gasteiger partial charge in [-0.3, -0.25) is 4.90 Å². The number of benzene rings is 2. The van der Waals surface area contributed by atoms with Gasteiger partial charge in [0.15, 0.2) is 5.96 Å². The van der Waals surface area contributed by atoms with E-state index >= 15 is 0 Å². The van der Waals surface area contributed by atoms with Crippen molar-refractivity contribution in [1.29, 1.82) is 0 Å². The van der Waals surface area contributed by atoms with Gasteiger partial charge in [-0.25, -0.2) is 13.8 Å². The number of halogens is 3. The summed E-state index contributed by atoms with van der Waals surface area (Å²) in [6.07, 6.45) is 2.02. The SMILES string of the molecule is CCNC(=NCc1cc(F)ccc1F)NC1CCN(C(C)c2ccccc2)CC1.I. The van der Waals surface area contributed by atoms with Crippen LogP contribution < -0.4 is 10.6 Å². The van der Waals surface area contributed by atoms with Crippen molar-refractivity contribution >= 4 is 29.9 Å². The van der Waals surface area contributed by atoms with Crippen LogP contribution in [-0.2, 0) is 6.54 Å². The van der Waals surface area contributed by atoms with Crippen molar-refractivity contribution < 1.29 is 8.78 Å². The molecule has 0 bridgehead atoms. The quantitative estimate of drug-likeness (QED) is 0.320. The molecule has 4 nitrogen and oxygen atoms in total. The molecule has 30 heavy (non-hydrogen) atoms. The van der Waals surface area contributed by atoms with Crippen molar-refractivity contribution in [2.45, 2.75) is 45.3 Å². The van der Waals surface area contributed by atoms with Crippen molar-refractivity contribution in [3.05, 3.63) is 71.3 Å². The highest BCUT2D eigenvalue weighted by atomic mass is 127. The summed E-state index contributed by atoms with van der Waals surface area (Å²) in [6.45, 7) is 7.06. The van der Waals surface area contributed by atoms with Gasteiger partial charge in [-0.1, -0.05) is 30.3 Å². The van der Waals surface area contributed by atoms with E-state index < -0.39 is 11.6 Å². The monoisotopic (exact) mass is 528 g/mol. The van der Waals surface area contributed by atoms with Gasteiger partial charge < -0.3 is 10.6 Å². The van der Waals surface area contributed by atoms with Gasteiger partial charge in [0.25, 0.3) is 0 Å². The van der Waals surface area contributed by atoms with Crippen molar-refractivity contribution in [2.75, 3.05) is 19.6 Å². The second-order valence-corrected chi connectivity index (χ2v) is 7.47. The lowest BCUT2D eigenvalue weighted by Crippen LogP contribution is -2.49. The summed E-state index contributed by atoms with van der Waals surface area (Å²) >= 11 is 0. The number of nitrogens with zero attached hydrogens (tertiary/aromatic N) is 2. The Hall–Kier alpha value is -1.74. The highest BCUT2D eigenvalue weighted by Crippen LogP contribution is 2.24. The molecule has 164 valence electrons. The molecule has 0 saturated carbocycles. The second kappa shape index (κ2) is 12.2. The van der Waals surface area contributed by atoms with Gasteiger partial charge in [-0.2, -0.15) is 0 Å². The molecule has 0 amide bonds. The summed E-state index contributed by atoms with van der Waals surface area (Å²) in [5.41, 5.74) is 1.60. The lowest BCUT2D eigenvalue weighted by molar-refractivity contribution is 0.158. The molecular formula is C23H31F2IN4. The minimum Gasteiger partial charge on any atom is -0.357 e. The summed E-state index contributed by atoms with van der Waals surface area (Å²) in [5, 5.41) is 6.66. The molecule has 1 heterocycles. The number of likely N-dealkylation sites (tertiary alicyclic amines) is 1. The maximum absolute atomic E-state index is 13.8. The van der Waals surface area contributed by atoms with E-state index in [4.69, 9.17) is 0 Å². The topological polar surface area (TPSA) is 39.7 Å². The summed E-state index contributed by atoms with van der Waals surface area (Å²) in [4.78, 5) is 6.96. The normalized spacial score (nSPS) is 16.6. The van der Waals surface area contributed by atoms with Crippen LogP contribution in [0.4, 0.5) is 8.78 Å². The Bertz CT molecular complexity index is 808. The molecule has 0 spiro atoms. The van der Waals surface area contributed by atoms with Gasteiger partial charge in [0.1, 0.15) is 11.6 Å². The second-order valence-electron chi connectivity index (χ2n) is 7.47. The zero-order valence-electron chi connectivity index (χ0n) is 17.6. The summed E-state index contributed by atoms with van der Waals surface area (Å²) in [5.74, 6) is -0.241. The van der Waals surface area contributed by atoms with E-state index in [-0.39, 0.29) is 36.1 Å². The predicted octanol–water partition coefficient (Wildman–Crippen LogP) is 4.86. The molecule has 7 heteroatoms. The van der Waals surface area contributed by atoms with Gasteiger partial charge in [0, 0.05) is 37.3 Å². The van der Waals surface area contributed by atoms with Crippen LogP contribution in [0.1, 0.15) is 43.9 Å². The number of hydrogen-bond donors (Lipinski definition) is 2. The molecule has 2 aromatic rings. The molecule has 1 aliphatic heterocycles. The average molecular weight is 528 g/mol. The number of rotatable bonds is 6. The predicted molar refractivity (Wildman–Crippen MR) is 129 cm³/mol. The van der Waals surface area contributed by atoms with Crippen molar-refractivity contribution in [3.8, 4) is 0 Å². The fourth-order valence-electron chi connectivity index (χ4n) is 3.72. The molecule has 1 saturated heterocycles. The van der Waals surface area contributed by atoms with Gasteiger partial charge >= 0.3 is 0 Å². The van der Waals surface area contributed by atoms with Crippen LogP contribution in [0.3, 0.4) is 0 Å². The van der Waals surface area contributed by atoms with Crippen molar-refractivity contribution in [1.82, 2.24) is 15.5 Å². The first-order chi connectivity index (χ1) is 14.1. The number of nitrogens with one attached hydrogen (secondary N) is 2. The van der Waals surface area contributed by atoms with Crippen LogP contribution in [0.15, 0.2) is 53.5 Å². The molecule has 1 atom stereocenters. The van der Waals surface area contributed by atoms with Gasteiger partial charge in [0.05, 0.1) is 6.54 Å². The minimum atomic E-state index is -0.450. The molecule has 1 unspecified atom stereocenters. The van der Waals surface area contributed by atoms with Gasteiger partial charge in [-0.05, 0) is 50.5 Å². The molecule has 1 fully saturated rings. The smallest absolute Gasteiger partial charge is 0.191 e. The first-order valence-corrected chi connectivity index (χ1v) is 10.3. The Labute approximate surface area is 195 Å². The number of guanidine groups is 1. The van der Waals surface area contributed by atoms with Crippen LogP contribution >= 0.6 is 24.0 Å². The highest BCUT2D eigenvalue weighted by Gasteiger charge is 2.24. The van der Waals surface area contributed by atoms with Crippen LogP contribution in [0.2, 0.25) is 0 Å². The first kappa shape index (κ1) is 24.5. The first-order valence-electron chi connectivity index (χ1n) is 10.3. The van der Waals surface area contributed by atoms with Gasteiger partial charge in [0.2, 0.25) is 0 Å². The lowest BCUT2D eigenvalue weighted by Gasteiger charge is -2.37. The van der Waals surface area contributed by atoms with E-state index in [1.165, 1.54) is 11.6 Å². The number of hydrogen-bond acceptors (Lipinski definition) is 2. The largest absolute Gasteiger partial charge is 0.357 e. The molecule has 3 rings (SSSR count). The molecule has 0 aromatic heterocycles. The highest BCUT2D eigenvalue weighted by molar-refractivity contribution is 14.0. The van der Waals surface area contributed by atoms with Crippen molar-refractivity contribution in [3.63, 3.8) is 0 Å². The Morgan fingerprint density at radius 1 is 1.13 bits per heavy atom. The van der Waals surface area contributed by atoms with E-state index in [0.29, 0.717) is 24.6 Å². The van der Waals surface area contributed by atoms with Gasteiger partial charge in [-0.15, -0.1) is 24.0 Å². The molecule has 1 aliphatic rings. The van der Waals surface area contributed by atoms with E-state index in [1.807, 2.05) is 13.0 Å². The Balaban J connectivity index is 0.00000320. The molecule has 2 aromatic carbocycles. The van der Waals surface area contributed by atoms with Crippen LogP contribution in [-0.4, -0.2) is 36.5 Å². The maximum atomic E-state index is 13.8. The fraction of sp³-hybridized carbons (Fsp3) is 0.435. The molecule has 0 radical (unpaired) electrons. The maximum Gasteiger partial charge on any atom is 0.191 e. The third-order valence-corrected chi connectivity index (χ3v) is 5.46. The third-order valence-electron chi connectivity index (χ3n) is 5.46. The zero-order chi connectivity index (χ0) is 20.6. The lowest BCUT2D eigenvalue weighted by atomic mass is 10.0. The third kappa shape index (κ3) is 6.91. The summed E-state index contributed by atoms with van der Waals surface area (Å²) in [6, 6.07) is 14.7. The minimum absolute atomic E-state index is 0. The molecular weight excluding hydrogens is 497 g/mol. The number of piperidine rings is 1. The fourth-order valence-corrected chi connectivity index (χ4v) is 3.72. The molecule has 0 aliphatic carbocycles. The zero-order valence-corrected chi connectivity index (χ0v) is 19.9. The molecule has 2 N–H and O–H groups in total. The van der Waals surface area contributed by atoms with E-state index in [0.717, 1.165) is 38.1 Å². The standard InChI is InChI=1S/C23H30F2N4.HI/c1-3-26-23(27-16-19-15-20(24)9-10-22(19)25)28-21-11-13-29(14-12-21)17(2)18-7-5-4-6-8-18;/h4-10,15,17,21H,3,11-14,16H2,1-2H3,(H2,26,27,28);1H. The van der Waals surface area contributed by atoms with Crippen molar-refractivity contribution in [2.24, 2.45) is 4.99 Å². The van der Waals surface area contributed by atoms with Crippen LogP contribution in [0, 0.1) is 11.6 Å².